The lowest BCUT2D eigenvalue weighted by Crippen LogP contribution is -2.28. The Labute approximate surface area is 111 Å². The molecule has 0 aromatic heterocycles. The molecule has 2 heteroatoms. The molecule has 0 heterocycles. The zero-order valence-electron chi connectivity index (χ0n) is 11.6. The Morgan fingerprint density at radius 1 is 1.28 bits per heavy atom. The van der Waals surface area contributed by atoms with Crippen molar-refractivity contribution in [2.45, 2.75) is 51.7 Å². The van der Waals surface area contributed by atoms with Crippen molar-refractivity contribution in [3.63, 3.8) is 0 Å². The van der Waals surface area contributed by atoms with Crippen LogP contribution >= 0.6 is 0 Å². The minimum atomic E-state index is 0.141. The Morgan fingerprint density at radius 3 is 2.61 bits per heavy atom. The van der Waals surface area contributed by atoms with E-state index in [1.807, 2.05) is 12.1 Å². The number of allylic oxidation sites excluding steroid dienone is 1. The quantitative estimate of drug-likeness (QED) is 0.515. The van der Waals surface area contributed by atoms with Crippen LogP contribution in [0.1, 0.15) is 51.2 Å². The van der Waals surface area contributed by atoms with E-state index in [-0.39, 0.29) is 6.10 Å². The van der Waals surface area contributed by atoms with E-state index in [0.29, 0.717) is 6.04 Å². The van der Waals surface area contributed by atoms with Crippen molar-refractivity contribution in [2.75, 3.05) is 0 Å². The fourth-order valence-electron chi connectivity index (χ4n) is 1.85. The van der Waals surface area contributed by atoms with Crippen LogP contribution in [-0.2, 0) is 4.84 Å². The summed E-state index contributed by atoms with van der Waals surface area (Å²) < 4.78 is 0. The van der Waals surface area contributed by atoms with Gasteiger partial charge in [-0.2, -0.15) is 5.48 Å². The Kier molecular flexibility index (Phi) is 7.38. The largest absolute Gasteiger partial charge is 0.293 e. The molecule has 0 aliphatic rings. The molecule has 0 radical (unpaired) electrons. The van der Waals surface area contributed by atoms with Gasteiger partial charge >= 0.3 is 0 Å². The molecule has 0 spiro atoms. The summed E-state index contributed by atoms with van der Waals surface area (Å²) in [6.07, 6.45) is 6.30. The van der Waals surface area contributed by atoms with Crippen LogP contribution in [0.4, 0.5) is 0 Å². The molecule has 0 aliphatic carbocycles. The van der Waals surface area contributed by atoms with Crippen molar-refractivity contribution < 1.29 is 4.84 Å². The van der Waals surface area contributed by atoms with E-state index < -0.39 is 0 Å². The van der Waals surface area contributed by atoms with Crippen molar-refractivity contribution >= 4 is 0 Å². The highest BCUT2D eigenvalue weighted by molar-refractivity contribution is 5.17. The normalized spacial score (nSPS) is 14.1. The Morgan fingerprint density at radius 2 is 2.00 bits per heavy atom. The summed E-state index contributed by atoms with van der Waals surface area (Å²) in [7, 11) is 0. The van der Waals surface area contributed by atoms with Gasteiger partial charge in [0.2, 0.25) is 0 Å². The number of hydroxylamine groups is 1. The van der Waals surface area contributed by atoms with Gasteiger partial charge < -0.3 is 0 Å². The number of hydrogen-bond donors (Lipinski definition) is 1. The molecule has 2 nitrogen and oxygen atoms in total. The lowest BCUT2D eigenvalue weighted by Gasteiger charge is -2.21. The molecule has 1 N–H and O–H groups in total. The summed E-state index contributed by atoms with van der Waals surface area (Å²) in [5, 5.41) is 0. The third-order valence-electron chi connectivity index (χ3n) is 2.94. The first kappa shape index (κ1) is 14.9. The number of nitrogens with one attached hydrogen (secondary N) is 1. The van der Waals surface area contributed by atoms with Crippen LogP contribution < -0.4 is 5.48 Å². The van der Waals surface area contributed by atoms with Crippen molar-refractivity contribution in [2.24, 2.45) is 0 Å². The van der Waals surface area contributed by atoms with Gasteiger partial charge in [-0.15, -0.1) is 6.58 Å². The highest BCUT2D eigenvalue weighted by Gasteiger charge is 2.12. The average molecular weight is 247 g/mol. The third kappa shape index (κ3) is 5.48. The number of rotatable bonds is 9. The van der Waals surface area contributed by atoms with E-state index in [0.717, 1.165) is 25.7 Å². The molecule has 1 rings (SSSR count). The van der Waals surface area contributed by atoms with Crippen LogP contribution in [0.3, 0.4) is 0 Å². The minimum Gasteiger partial charge on any atom is -0.293 e. The predicted octanol–water partition coefficient (Wildman–Crippen LogP) is 4.40. The second-order valence-electron chi connectivity index (χ2n) is 4.69. The maximum atomic E-state index is 5.84. The summed E-state index contributed by atoms with van der Waals surface area (Å²) in [6.45, 7) is 8.05. The van der Waals surface area contributed by atoms with Crippen LogP contribution in [0.5, 0.6) is 0 Å². The SMILES string of the molecule is C=CCCC(C)NOC(CCC)c1ccccc1. The zero-order chi connectivity index (χ0) is 13.2. The van der Waals surface area contributed by atoms with E-state index >= 15 is 0 Å². The molecular formula is C16H25NO. The molecule has 2 unspecified atom stereocenters. The van der Waals surface area contributed by atoms with Crippen LogP contribution in [0.2, 0.25) is 0 Å². The molecule has 0 saturated carbocycles. The smallest absolute Gasteiger partial charge is 0.104 e. The Balaban J connectivity index is 2.46. The lowest BCUT2D eigenvalue weighted by atomic mass is 10.1. The molecule has 1 aromatic rings. The molecule has 18 heavy (non-hydrogen) atoms. The predicted molar refractivity (Wildman–Crippen MR) is 77.2 cm³/mol. The highest BCUT2D eigenvalue weighted by Crippen LogP contribution is 2.21. The van der Waals surface area contributed by atoms with Crippen LogP contribution in [0.15, 0.2) is 43.0 Å². The van der Waals surface area contributed by atoms with Crippen LogP contribution in [-0.4, -0.2) is 6.04 Å². The molecule has 0 fully saturated rings. The van der Waals surface area contributed by atoms with Gasteiger partial charge in [0.1, 0.15) is 6.10 Å². The van der Waals surface area contributed by atoms with E-state index in [1.165, 1.54) is 5.56 Å². The van der Waals surface area contributed by atoms with Crippen LogP contribution in [0.25, 0.3) is 0 Å². The van der Waals surface area contributed by atoms with Crippen molar-refractivity contribution in [1.82, 2.24) is 5.48 Å². The summed E-state index contributed by atoms with van der Waals surface area (Å²) in [6, 6.07) is 10.7. The lowest BCUT2D eigenvalue weighted by molar-refractivity contribution is -0.0480. The van der Waals surface area contributed by atoms with Gasteiger partial charge in [-0.1, -0.05) is 49.8 Å². The molecule has 0 aliphatic heterocycles. The van der Waals surface area contributed by atoms with Crippen molar-refractivity contribution in [3.05, 3.63) is 48.6 Å². The first-order valence-corrected chi connectivity index (χ1v) is 6.85. The zero-order valence-corrected chi connectivity index (χ0v) is 11.6. The van der Waals surface area contributed by atoms with E-state index in [9.17, 15) is 0 Å². The van der Waals surface area contributed by atoms with Gasteiger partial charge in [-0.25, -0.2) is 0 Å². The highest BCUT2D eigenvalue weighted by atomic mass is 16.7. The monoisotopic (exact) mass is 247 g/mol. The topological polar surface area (TPSA) is 21.3 Å². The average Bonchev–Trinajstić information content (AvgIpc) is 2.42. The first-order valence-electron chi connectivity index (χ1n) is 6.85. The van der Waals surface area contributed by atoms with E-state index in [1.54, 1.807) is 0 Å². The van der Waals surface area contributed by atoms with Gasteiger partial charge in [0.25, 0.3) is 0 Å². The summed E-state index contributed by atoms with van der Waals surface area (Å²) in [5.74, 6) is 0. The maximum Gasteiger partial charge on any atom is 0.104 e. The minimum absolute atomic E-state index is 0.141. The molecule has 100 valence electrons. The summed E-state index contributed by atoms with van der Waals surface area (Å²) in [5.41, 5.74) is 4.39. The second kappa shape index (κ2) is 8.90. The molecule has 0 saturated heterocycles. The molecule has 0 bridgehead atoms. The number of benzene rings is 1. The Hall–Kier alpha value is -1.12. The van der Waals surface area contributed by atoms with Crippen molar-refractivity contribution in [1.29, 1.82) is 0 Å². The number of hydrogen-bond acceptors (Lipinski definition) is 2. The van der Waals surface area contributed by atoms with Gasteiger partial charge in [-0.05, 0) is 31.7 Å². The van der Waals surface area contributed by atoms with Gasteiger partial charge in [-0.3, -0.25) is 4.84 Å². The summed E-state index contributed by atoms with van der Waals surface area (Å²) >= 11 is 0. The van der Waals surface area contributed by atoms with Crippen LogP contribution in [0, 0.1) is 0 Å². The molecule has 0 amide bonds. The molecular weight excluding hydrogens is 222 g/mol. The third-order valence-corrected chi connectivity index (χ3v) is 2.94. The fraction of sp³-hybridized carbons (Fsp3) is 0.500. The summed E-state index contributed by atoms with van der Waals surface area (Å²) in [4.78, 5) is 5.84. The van der Waals surface area contributed by atoms with Crippen molar-refractivity contribution in [3.8, 4) is 0 Å². The maximum absolute atomic E-state index is 5.84. The van der Waals surface area contributed by atoms with Gasteiger partial charge in [0, 0.05) is 6.04 Å². The molecule has 1 aromatic carbocycles. The second-order valence-corrected chi connectivity index (χ2v) is 4.69. The Bertz CT molecular complexity index is 323. The van der Waals surface area contributed by atoms with Gasteiger partial charge in [0.05, 0.1) is 0 Å². The molecule has 2 atom stereocenters. The van der Waals surface area contributed by atoms with E-state index in [2.05, 4.69) is 50.2 Å². The standard InChI is InChI=1S/C16H25NO/c1-4-6-11-14(3)17-18-16(10-5-2)15-12-8-7-9-13-15/h4,7-9,12-14,16-17H,1,5-6,10-11H2,2-3H3. The van der Waals surface area contributed by atoms with E-state index in [4.69, 9.17) is 4.84 Å². The fourth-order valence-corrected chi connectivity index (χ4v) is 1.85. The first-order chi connectivity index (χ1) is 8.77. The van der Waals surface area contributed by atoms with Gasteiger partial charge in [0.15, 0.2) is 0 Å².